The summed E-state index contributed by atoms with van der Waals surface area (Å²) < 4.78 is 0. The average Bonchev–Trinajstić information content (AvgIpc) is 2.26. The van der Waals surface area contributed by atoms with Crippen LogP contribution in [0.2, 0.25) is 0 Å². The predicted octanol–water partition coefficient (Wildman–Crippen LogP) is 2.21. The minimum absolute atomic E-state index is 0.664. The van der Waals surface area contributed by atoms with Gasteiger partial charge in [0, 0.05) is 19.2 Å². The Balaban J connectivity index is 2.19. The number of nitriles is 1. The quantitative estimate of drug-likeness (QED) is 0.665. The van der Waals surface area contributed by atoms with Crippen molar-refractivity contribution in [3.8, 4) is 6.07 Å². The highest BCUT2D eigenvalue weighted by Gasteiger charge is 2.00. The van der Waals surface area contributed by atoms with Crippen LogP contribution < -0.4 is 0 Å². The van der Waals surface area contributed by atoms with Gasteiger partial charge in [0.1, 0.15) is 0 Å². The molecule has 0 atom stereocenters. The molecule has 1 aromatic heterocycles. The number of hydrogen-bond acceptors (Lipinski definition) is 3. The molecular weight excluding hydrogens is 186 g/mol. The van der Waals surface area contributed by atoms with Crippen molar-refractivity contribution in [2.75, 3.05) is 13.6 Å². The Morgan fingerprint density at radius 3 is 2.93 bits per heavy atom. The first-order chi connectivity index (χ1) is 7.33. The molecule has 1 rings (SSSR count). The maximum absolute atomic E-state index is 8.39. The van der Waals surface area contributed by atoms with E-state index in [1.807, 2.05) is 24.4 Å². The lowest BCUT2D eigenvalue weighted by molar-refractivity contribution is 0.315. The highest BCUT2D eigenvalue weighted by molar-refractivity contribution is 5.02. The Labute approximate surface area is 91.4 Å². The zero-order valence-corrected chi connectivity index (χ0v) is 9.19. The molecule has 1 heterocycles. The first kappa shape index (κ1) is 11.7. The molecule has 0 N–H and O–H groups in total. The molecule has 0 radical (unpaired) electrons. The summed E-state index contributed by atoms with van der Waals surface area (Å²) in [6.07, 6.45) is 4.55. The summed E-state index contributed by atoms with van der Waals surface area (Å²) in [7, 11) is 2.08. The molecule has 15 heavy (non-hydrogen) atoms. The summed E-state index contributed by atoms with van der Waals surface area (Å²) in [5.41, 5.74) is 1.10. The van der Waals surface area contributed by atoms with Crippen molar-refractivity contribution in [2.24, 2.45) is 0 Å². The second-order valence-electron chi connectivity index (χ2n) is 3.67. The van der Waals surface area contributed by atoms with Gasteiger partial charge in [-0.3, -0.25) is 4.98 Å². The number of aromatic nitrogens is 1. The van der Waals surface area contributed by atoms with E-state index >= 15 is 0 Å². The lowest BCUT2D eigenvalue weighted by Crippen LogP contribution is -2.19. The van der Waals surface area contributed by atoms with Gasteiger partial charge in [-0.15, -0.1) is 0 Å². The second-order valence-corrected chi connectivity index (χ2v) is 3.67. The third kappa shape index (κ3) is 5.14. The maximum Gasteiger partial charge on any atom is 0.0621 e. The van der Waals surface area contributed by atoms with Gasteiger partial charge < -0.3 is 4.90 Å². The van der Waals surface area contributed by atoms with E-state index in [1.165, 1.54) is 0 Å². The number of unbranched alkanes of at least 4 members (excludes halogenated alkanes) is 2. The van der Waals surface area contributed by atoms with E-state index in [-0.39, 0.29) is 0 Å². The molecule has 0 saturated heterocycles. The number of hydrogen-bond donors (Lipinski definition) is 0. The number of rotatable bonds is 6. The monoisotopic (exact) mass is 203 g/mol. The molecule has 0 unspecified atom stereocenters. The van der Waals surface area contributed by atoms with Crippen LogP contribution in [0.1, 0.15) is 25.0 Å². The molecule has 3 heteroatoms. The molecule has 0 aromatic carbocycles. The third-order valence-corrected chi connectivity index (χ3v) is 2.24. The van der Waals surface area contributed by atoms with Crippen molar-refractivity contribution in [1.82, 2.24) is 9.88 Å². The van der Waals surface area contributed by atoms with Crippen molar-refractivity contribution in [3.63, 3.8) is 0 Å². The fraction of sp³-hybridized carbons (Fsp3) is 0.500. The van der Waals surface area contributed by atoms with E-state index in [2.05, 4.69) is 23.0 Å². The van der Waals surface area contributed by atoms with Gasteiger partial charge in [0.25, 0.3) is 0 Å². The van der Waals surface area contributed by atoms with Crippen LogP contribution >= 0.6 is 0 Å². The van der Waals surface area contributed by atoms with Crippen LogP contribution in [0, 0.1) is 11.3 Å². The molecule has 0 fully saturated rings. The molecule has 0 aliphatic rings. The van der Waals surface area contributed by atoms with Crippen molar-refractivity contribution in [2.45, 2.75) is 25.8 Å². The van der Waals surface area contributed by atoms with Gasteiger partial charge in [0.05, 0.1) is 11.8 Å². The summed E-state index contributed by atoms with van der Waals surface area (Å²) in [5.74, 6) is 0. The Hall–Kier alpha value is -1.40. The standard InChI is InChI=1S/C12H17N3/c1-15(10-6-2-4-8-13)11-12-7-3-5-9-14-12/h3,5,7,9H,2,4,6,10-11H2,1H3. The van der Waals surface area contributed by atoms with E-state index in [9.17, 15) is 0 Å². The van der Waals surface area contributed by atoms with E-state index in [4.69, 9.17) is 5.26 Å². The molecule has 80 valence electrons. The third-order valence-electron chi connectivity index (χ3n) is 2.24. The van der Waals surface area contributed by atoms with Gasteiger partial charge in [0.2, 0.25) is 0 Å². The van der Waals surface area contributed by atoms with E-state index in [1.54, 1.807) is 0 Å². The van der Waals surface area contributed by atoms with E-state index in [0.29, 0.717) is 6.42 Å². The van der Waals surface area contributed by atoms with Crippen LogP contribution in [0.3, 0.4) is 0 Å². The number of pyridine rings is 1. The van der Waals surface area contributed by atoms with Gasteiger partial charge in [0.15, 0.2) is 0 Å². The molecule has 0 amide bonds. The van der Waals surface area contributed by atoms with Crippen LogP contribution in [0.4, 0.5) is 0 Å². The first-order valence-electron chi connectivity index (χ1n) is 5.28. The maximum atomic E-state index is 8.39. The van der Waals surface area contributed by atoms with Crippen LogP contribution in [0.5, 0.6) is 0 Å². The molecule has 0 bridgehead atoms. The van der Waals surface area contributed by atoms with E-state index in [0.717, 1.165) is 31.6 Å². The molecule has 0 aliphatic heterocycles. The summed E-state index contributed by atoms with van der Waals surface area (Å²) >= 11 is 0. The minimum atomic E-state index is 0.664. The highest BCUT2D eigenvalue weighted by atomic mass is 15.1. The van der Waals surface area contributed by atoms with Gasteiger partial charge in [-0.2, -0.15) is 5.26 Å². The zero-order valence-electron chi connectivity index (χ0n) is 9.19. The van der Waals surface area contributed by atoms with Gasteiger partial charge in [-0.25, -0.2) is 0 Å². The Morgan fingerprint density at radius 1 is 1.40 bits per heavy atom. The Morgan fingerprint density at radius 2 is 2.27 bits per heavy atom. The fourth-order valence-corrected chi connectivity index (χ4v) is 1.43. The largest absolute Gasteiger partial charge is 0.301 e. The van der Waals surface area contributed by atoms with Crippen LogP contribution in [0.25, 0.3) is 0 Å². The molecule has 1 aromatic rings. The smallest absolute Gasteiger partial charge is 0.0621 e. The van der Waals surface area contributed by atoms with Crippen molar-refractivity contribution >= 4 is 0 Å². The number of nitrogens with zero attached hydrogens (tertiary/aromatic N) is 3. The summed E-state index contributed by atoms with van der Waals surface area (Å²) in [5, 5.41) is 8.39. The van der Waals surface area contributed by atoms with Crippen molar-refractivity contribution < 1.29 is 0 Å². The summed E-state index contributed by atoms with van der Waals surface area (Å²) in [4.78, 5) is 6.50. The second kappa shape index (κ2) is 6.97. The van der Waals surface area contributed by atoms with Gasteiger partial charge in [-0.1, -0.05) is 6.07 Å². The molecule has 0 saturated carbocycles. The van der Waals surface area contributed by atoms with Gasteiger partial charge in [-0.05, 0) is 38.6 Å². The van der Waals surface area contributed by atoms with Crippen LogP contribution in [-0.2, 0) is 6.54 Å². The fourth-order valence-electron chi connectivity index (χ4n) is 1.43. The highest BCUT2D eigenvalue weighted by Crippen LogP contribution is 2.01. The topological polar surface area (TPSA) is 39.9 Å². The molecular formula is C12H17N3. The average molecular weight is 203 g/mol. The Bertz CT molecular complexity index is 302. The predicted molar refractivity (Wildman–Crippen MR) is 60.0 cm³/mol. The zero-order chi connectivity index (χ0) is 10.9. The lowest BCUT2D eigenvalue weighted by Gasteiger charge is -2.15. The molecule has 3 nitrogen and oxygen atoms in total. The van der Waals surface area contributed by atoms with Crippen LogP contribution in [-0.4, -0.2) is 23.5 Å². The summed E-state index contributed by atoms with van der Waals surface area (Å²) in [6, 6.07) is 8.13. The van der Waals surface area contributed by atoms with E-state index < -0.39 is 0 Å². The lowest BCUT2D eigenvalue weighted by atomic mass is 10.2. The van der Waals surface area contributed by atoms with Crippen LogP contribution in [0.15, 0.2) is 24.4 Å². The Kier molecular flexibility index (Phi) is 5.42. The summed E-state index contributed by atoms with van der Waals surface area (Å²) in [6.45, 7) is 1.91. The normalized spacial score (nSPS) is 10.2. The molecule has 0 aliphatic carbocycles. The van der Waals surface area contributed by atoms with Gasteiger partial charge >= 0.3 is 0 Å². The first-order valence-corrected chi connectivity index (χ1v) is 5.28. The van der Waals surface area contributed by atoms with Crippen molar-refractivity contribution in [1.29, 1.82) is 5.26 Å². The SMILES string of the molecule is CN(CCCCC#N)Cc1ccccn1. The minimum Gasteiger partial charge on any atom is -0.301 e. The van der Waals surface area contributed by atoms with Crippen molar-refractivity contribution in [3.05, 3.63) is 30.1 Å². The molecule has 0 spiro atoms.